The predicted molar refractivity (Wildman–Crippen MR) is 72.6 cm³/mol. The standard InChI is InChI=1S/C12H11Cl2NO2S/c13-8-10-6-7-15(12(10)9-14)18(16,17)11-4-2-1-3-5-11/h1-7H,8-9H2. The second kappa shape index (κ2) is 5.34. The predicted octanol–water partition coefficient (Wildman–Crippen LogP) is 3.20. The summed E-state index contributed by atoms with van der Waals surface area (Å²) in [5.74, 6) is 0.334. The lowest BCUT2D eigenvalue weighted by Gasteiger charge is -2.09. The molecule has 0 spiro atoms. The Kier molecular flexibility index (Phi) is 4.00. The van der Waals surface area contributed by atoms with Gasteiger partial charge in [0.15, 0.2) is 0 Å². The Morgan fingerprint density at radius 1 is 1.00 bits per heavy atom. The maximum absolute atomic E-state index is 12.4. The molecule has 6 heteroatoms. The van der Waals surface area contributed by atoms with Crippen LogP contribution in [-0.4, -0.2) is 12.4 Å². The third kappa shape index (κ3) is 2.28. The zero-order valence-corrected chi connectivity index (χ0v) is 11.7. The first kappa shape index (κ1) is 13.5. The topological polar surface area (TPSA) is 39.1 Å². The highest BCUT2D eigenvalue weighted by Gasteiger charge is 2.20. The molecule has 0 radical (unpaired) electrons. The van der Waals surface area contributed by atoms with Crippen LogP contribution in [0.4, 0.5) is 0 Å². The van der Waals surface area contributed by atoms with E-state index in [1.807, 2.05) is 0 Å². The van der Waals surface area contributed by atoms with Gasteiger partial charge in [-0.1, -0.05) is 18.2 Å². The summed E-state index contributed by atoms with van der Waals surface area (Å²) in [5.41, 5.74) is 1.24. The van der Waals surface area contributed by atoms with Crippen LogP contribution in [0.5, 0.6) is 0 Å². The molecule has 0 unspecified atom stereocenters. The Bertz CT molecular complexity index is 635. The summed E-state index contributed by atoms with van der Waals surface area (Å²) in [4.78, 5) is 0.230. The van der Waals surface area contributed by atoms with E-state index in [9.17, 15) is 8.42 Å². The van der Waals surface area contributed by atoms with Crippen LogP contribution in [0.3, 0.4) is 0 Å². The van der Waals surface area contributed by atoms with Gasteiger partial charge in [0, 0.05) is 12.1 Å². The average Bonchev–Trinajstić information content (AvgIpc) is 2.83. The molecule has 0 saturated carbocycles. The maximum Gasteiger partial charge on any atom is 0.267 e. The molecule has 18 heavy (non-hydrogen) atoms. The highest BCUT2D eigenvalue weighted by Crippen LogP contribution is 2.22. The number of hydrogen-bond donors (Lipinski definition) is 0. The highest BCUT2D eigenvalue weighted by molar-refractivity contribution is 7.90. The van der Waals surface area contributed by atoms with Crippen molar-refractivity contribution in [2.75, 3.05) is 0 Å². The zero-order chi connectivity index (χ0) is 13.2. The van der Waals surface area contributed by atoms with Gasteiger partial charge < -0.3 is 0 Å². The van der Waals surface area contributed by atoms with Gasteiger partial charge >= 0.3 is 0 Å². The van der Waals surface area contributed by atoms with E-state index in [1.165, 1.54) is 10.2 Å². The lowest BCUT2D eigenvalue weighted by Crippen LogP contribution is -2.14. The summed E-state index contributed by atoms with van der Waals surface area (Å²) in [7, 11) is -3.60. The Balaban J connectivity index is 2.59. The largest absolute Gasteiger partial charge is 0.267 e. The molecule has 1 heterocycles. The molecule has 1 aromatic heterocycles. The molecule has 0 amide bonds. The van der Waals surface area contributed by atoms with Crippen LogP contribution < -0.4 is 0 Å². The number of aromatic nitrogens is 1. The van der Waals surface area contributed by atoms with Crippen LogP contribution in [-0.2, 0) is 21.8 Å². The van der Waals surface area contributed by atoms with Crippen molar-refractivity contribution in [1.82, 2.24) is 3.97 Å². The zero-order valence-electron chi connectivity index (χ0n) is 9.38. The number of benzene rings is 1. The first-order valence-electron chi connectivity index (χ1n) is 5.23. The molecule has 0 bridgehead atoms. The number of hydrogen-bond acceptors (Lipinski definition) is 2. The molecule has 96 valence electrons. The molecule has 2 rings (SSSR count). The van der Waals surface area contributed by atoms with Gasteiger partial charge in [0.1, 0.15) is 0 Å². The molecule has 3 nitrogen and oxygen atoms in total. The van der Waals surface area contributed by atoms with Gasteiger partial charge in [-0.15, -0.1) is 23.2 Å². The fourth-order valence-electron chi connectivity index (χ4n) is 1.68. The van der Waals surface area contributed by atoms with Crippen LogP contribution in [0, 0.1) is 0 Å². The van der Waals surface area contributed by atoms with E-state index in [0.717, 1.165) is 5.56 Å². The molecule has 0 fully saturated rings. The Morgan fingerprint density at radius 2 is 1.67 bits per heavy atom. The third-order valence-corrected chi connectivity index (χ3v) is 4.89. The minimum Gasteiger partial charge on any atom is -0.244 e. The fourth-order valence-corrected chi connectivity index (χ4v) is 3.72. The van der Waals surface area contributed by atoms with Crippen LogP contribution in [0.1, 0.15) is 11.3 Å². The van der Waals surface area contributed by atoms with E-state index < -0.39 is 10.0 Å². The minimum atomic E-state index is -3.60. The van der Waals surface area contributed by atoms with E-state index in [1.54, 1.807) is 36.4 Å². The Morgan fingerprint density at radius 3 is 2.22 bits per heavy atom. The molecule has 0 N–H and O–H groups in total. The summed E-state index contributed by atoms with van der Waals surface area (Å²) in [6.45, 7) is 0. The van der Waals surface area contributed by atoms with Gasteiger partial charge in [-0.2, -0.15) is 0 Å². The molecule has 1 aromatic carbocycles. The summed E-state index contributed by atoms with van der Waals surface area (Å²) in [5, 5.41) is 0. The summed E-state index contributed by atoms with van der Waals surface area (Å²) in [6, 6.07) is 9.90. The summed E-state index contributed by atoms with van der Waals surface area (Å²) < 4.78 is 26.0. The van der Waals surface area contributed by atoms with Crippen LogP contribution >= 0.6 is 23.2 Å². The molecule has 0 saturated heterocycles. The van der Waals surface area contributed by atoms with Crippen molar-refractivity contribution in [3.8, 4) is 0 Å². The van der Waals surface area contributed by atoms with Gasteiger partial charge in [-0.3, -0.25) is 0 Å². The van der Waals surface area contributed by atoms with Crippen LogP contribution in [0.15, 0.2) is 47.5 Å². The van der Waals surface area contributed by atoms with Gasteiger partial charge in [0.05, 0.1) is 16.5 Å². The molecule has 0 aliphatic carbocycles. The molecular weight excluding hydrogens is 293 g/mol. The molecule has 0 aliphatic rings. The molecule has 0 aliphatic heterocycles. The van der Waals surface area contributed by atoms with Crippen molar-refractivity contribution in [1.29, 1.82) is 0 Å². The normalized spacial score (nSPS) is 11.7. The van der Waals surface area contributed by atoms with Gasteiger partial charge in [0.25, 0.3) is 10.0 Å². The van der Waals surface area contributed by atoms with Crippen LogP contribution in [0.25, 0.3) is 0 Å². The number of nitrogens with zero attached hydrogens (tertiary/aromatic N) is 1. The Hall–Kier alpha value is -0.970. The van der Waals surface area contributed by atoms with Crippen molar-refractivity contribution >= 4 is 33.2 Å². The van der Waals surface area contributed by atoms with E-state index in [2.05, 4.69) is 0 Å². The quantitative estimate of drug-likeness (QED) is 0.814. The van der Waals surface area contributed by atoms with Crippen molar-refractivity contribution in [2.45, 2.75) is 16.7 Å². The minimum absolute atomic E-state index is 0.0983. The smallest absolute Gasteiger partial charge is 0.244 e. The van der Waals surface area contributed by atoms with Crippen molar-refractivity contribution in [3.63, 3.8) is 0 Å². The maximum atomic E-state index is 12.4. The number of alkyl halides is 2. The fraction of sp³-hybridized carbons (Fsp3) is 0.167. The van der Waals surface area contributed by atoms with Crippen LogP contribution in [0.2, 0.25) is 0 Å². The van der Waals surface area contributed by atoms with Gasteiger partial charge in [-0.05, 0) is 23.8 Å². The van der Waals surface area contributed by atoms with Crippen molar-refractivity contribution in [2.24, 2.45) is 0 Å². The average molecular weight is 304 g/mol. The van der Waals surface area contributed by atoms with E-state index >= 15 is 0 Å². The summed E-state index contributed by atoms with van der Waals surface area (Å²) >= 11 is 11.6. The van der Waals surface area contributed by atoms with Crippen molar-refractivity contribution in [3.05, 3.63) is 53.9 Å². The first-order chi connectivity index (χ1) is 8.61. The van der Waals surface area contributed by atoms with E-state index in [-0.39, 0.29) is 16.7 Å². The SMILES string of the molecule is O=S(=O)(c1ccccc1)n1ccc(CCl)c1CCl. The van der Waals surface area contributed by atoms with E-state index in [0.29, 0.717) is 5.69 Å². The van der Waals surface area contributed by atoms with Gasteiger partial charge in [0.2, 0.25) is 0 Å². The second-order valence-electron chi connectivity index (χ2n) is 3.67. The lowest BCUT2D eigenvalue weighted by atomic mass is 10.3. The third-order valence-electron chi connectivity index (χ3n) is 2.62. The number of rotatable bonds is 4. The first-order valence-corrected chi connectivity index (χ1v) is 7.74. The van der Waals surface area contributed by atoms with E-state index in [4.69, 9.17) is 23.2 Å². The lowest BCUT2D eigenvalue weighted by molar-refractivity contribution is 0.586. The molecule has 0 atom stereocenters. The van der Waals surface area contributed by atoms with Gasteiger partial charge in [-0.25, -0.2) is 12.4 Å². The number of halogens is 2. The summed E-state index contributed by atoms with van der Waals surface area (Å²) in [6.07, 6.45) is 1.48. The monoisotopic (exact) mass is 303 g/mol. The van der Waals surface area contributed by atoms with Crippen molar-refractivity contribution < 1.29 is 8.42 Å². The second-order valence-corrected chi connectivity index (χ2v) is 6.02. The Labute approximate surface area is 116 Å². The molecule has 2 aromatic rings. The molecular formula is C12H11Cl2NO2S. The highest BCUT2D eigenvalue weighted by atomic mass is 35.5.